The lowest BCUT2D eigenvalue weighted by Crippen LogP contribution is -1.96. The molecule has 0 radical (unpaired) electrons. The lowest BCUT2D eigenvalue weighted by atomic mass is 10.0. The van der Waals surface area contributed by atoms with Gasteiger partial charge in [-0.1, -0.05) is 89.0 Å². The van der Waals surface area contributed by atoms with Crippen LogP contribution in [0.3, 0.4) is 0 Å². The first-order valence-electron chi connectivity index (χ1n) is 10.6. The van der Waals surface area contributed by atoms with E-state index in [1.807, 2.05) is 48.5 Å². The summed E-state index contributed by atoms with van der Waals surface area (Å²) in [5.41, 5.74) is 4.47. The summed E-state index contributed by atoms with van der Waals surface area (Å²) < 4.78 is 1.99. The number of hydrogen-bond acceptors (Lipinski definition) is 5. The van der Waals surface area contributed by atoms with Crippen molar-refractivity contribution in [3.63, 3.8) is 0 Å². The number of aromatic hydroxyl groups is 1. The maximum atomic E-state index is 10.2. The first-order valence-corrected chi connectivity index (χ1v) is 13.4. The van der Waals surface area contributed by atoms with Gasteiger partial charge in [-0.25, -0.2) is 4.98 Å². The van der Waals surface area contributed by atoms with Crippen LogP contribution in [0, 0.1) is 0 Å². The van der Waals surface area contributed by atoms with Crippen LogP contribution >= 0.6 is 57.9 Å². The molecular weight excluding hydrogens is 539 g/mol. The molecule has 0 bridgehead atoms. The predicted octanol–water partition coefficient (Wildman–Crippen LogP) is 9.59. The Balaban J connectivity index is 1.44. The normalized spacial score (nSPS) is 12.4. The van der Waals surface area contributed by atoms with Gasteiger partial charge in [-0.2, -0.15) is 0 Å². The fourth-order valence-corrected chi connectivity index (χ4v) is 6.60. The summed E-state index contributed by atoms with van der Waals surface area (Å²) in [4.78, 5) is 9.35. The maximum Gasteiger partial charge on any atom is 0.152 e. The first-order chi connectivity index (χ1) is 17.0. The Morgan fingerprint density at radius 3 is 2.37 bits per heavy atom. The fraction of sp³-hybridized carbons (Fsp3) is 0.0370. The van der Waals surface area contributed by atoms with Crippen molar-refractivity contribution >= 4 is 80.0 Å². The van der Waals surface area contributed by atoms with Gasteiger partial charge in [0.25, 0.3) is 0 Å². The van der Waals surface area contributed by atoms with Crippen LogP contribution in [0.1, 0.15) is 21.9 Å². The SMILES string of the molecule is Oc1c(Cl)cc(Cl)cc1C=Nc1ccc2nc(S[C@H](c3ccccc3)c3ccc(Cl)cc3)sc2c1. The lowest BCUT2D eigenvalue weighted by molar-refractivity contribution is 0.475. The number of thioether (sulfide) groups is 1. The van der Waals surface area contributed by atoms with Gasteiger partial charge in [0.15, 0.2) is 4.34 Å². The van der Waals surface area contributed by atoms with Gasteiger partial charge in [0.1, 0.15) is 5.75 Å². The summed E-state index contributed by atoms with van der Waals surface area (Å²) in [6.07, 6.45) is 1.55. The van der Waals surface area contributed by atoms with Crippen LogP contribution in [0.4, 0.5) is 5.69 Å². The number of aliphatic imine (C=N–C) groups is 1. The number of aromatic nitrogens is 1. The molecule has 4 aromatic carbocycles. The van der Waals surface area contributed by atoms with E-state index in [-0.39, 0.29) is 16.0 Å². The molecule has 174 valence electrons. The third kappa shape index (κ3) is 5.66. The minimum Gasteiger partial charge on any atom is -0.506 e. The van der Waals surface area contributed by atoms with Crippen molar-refractivity contribution in [3.05, 3.63) is 117 Å². The molecule has 0 aliphatic rings. The highest BCUT2D eigenvalue weighted by molar-refractivity contribution is 8.01. The number of benzene rings is 4. The molecule has 1 N–H and O–H groups in total. The number of fused-ring (bicyclic) bond motifs is 1. The summed E-state index contributed by atoms with van der Waals surface area (Å²) in [5, 5.41) is 11.6. The van der Waals surface area contributed by atoms with Crippen LogP contribution < -0.4 is 0 Å². The van der Waals surface area contributed by atoms with Crippen LogP contribution in [0.5, 0.6) is 5.75 Å². The zero-order valence-corrected chi connectivity index (χ0v) is 21.9. The van der Waals surface area contributed by atoms with E-state index in [1.165, 1.54) is 11.6 Å². The minimum absolute atomic E-state index is 0.0495. The Morgan fingerprint density at radius 1 is 0.857 bits per heavy atom. The molecule has 5 aromatic rings. The molecule has 1 heterocycles. The number of phenolic OH excluding ortho intramolecular Hbond substituents is 1. The molecule has 0 aliphatic carbocycles. The Labute approximate surface area is 226 Å². The Morgan fingerprint density at radius 2 is 1.60 bits per heavy atom. The zero-order valence-electron chi connectivity index (χ0n) is 18.0. The van der Waals surface area contributed by atoms with E-state index in [9.17, 15) is 5.11 Å². The fourth-order valence-electron chi connectivity index (χ4n) is 3.55. The maximum absolute atomic E-state index is 10.2. The van der Waals surface area contributed by atoms with Gasteiger partial charge in [-0.3, -0.25) is 4.99 Å². The van der Waals surface area contributed by atoms with Crippen molar-refractivity contribution in [2.45, 2.75) is 9.59 Å². The van der Waals surface area contributed by atoms with Gasteiger partial charge < -0.3 is 5.11 Å². The third-order valence-corrected chi connectivity index (χ3v) is 8.44. The largest absolute Gasteiger partial charge is 0.506 e. The smallest absolute Gasteiger partial charge is 0.152 e. The molecule has 0 aliphatic heterocycles. The lowest BCUT2D eigenvalue weighted by Gasteiger charge is -2.16. The Bertz CT molecular complexity index is 1520. The zero-order chi connectivity index (χ0) is 24.4. The highest BCUT2D eigenvalue weighted by Crippen LogP contribution is 2.43. The molecule has 8 heteroatoms. The molecule has 3 nitrogen and oxygen atoms in total. The summed E-state index contributed by atoms with van der Waals surface area (Å²) in [7, 11) is 0. The molecule has 0 unspecified atom stereocenters. The van der Waals surface area contributed by atoms with E-state index in [2.05, 4.69) is 29.3 Å². The molecule has 0 fully saturated rings. The van der Waals surface area contributed by atoms with Crippen molar-refractivity contribution in [2.24, 2.45) is 4.99 Å². The van der Waals surface area contributed by atoms with Gasteiger partial charge >= 0.3 is 0 Å². The van der Waals surface area contributed by atoms with E-state index < -0.39 is 0 Å². The monoisotopic (exact) mass is 554 g/mol. The number of thiazole rings is 1. The van der Waals surface area contributed by atoms with Crippen LogP contribution in [0.2, 0.25) is 15.1 Å². The highest BCUT2D eigenvalue weighted by Gasteiger charge is 2.18. The summed E-state index contributed by atoms with van der Waals surface area (Å²) in [6, 6.07) is 27.3. The minimum atomic E-state index is -0.0495. The molecule has 1 aromatic heterocycles. The standard InChI is InChI=1S/C27H17Cl3N2OS2/c28-19-8-6-17(7-9-19)26(16-4-2-1-3-5-16)35-27-32-23-11-10-21(14-24(23)34-27)31-15-18-12-20(29)13-22(30)25(18)33/h1-15,26,33H/t26-/m1/s1. The predicted molar refractivity (Wildman–Crippen MR) is 151 cm³/mol. The highest BCUT2D eigenvalue weighted by atomic mass is 35.5. The van der Waals surface area contributed by atoms with Crippen molar-refractivity contribution in [2.75, 3.05) is 0 Å². The molecule has 0 saturated carbocycles. The molecule has 0 amide bonds. The summed E-state index contributed by atoms with van der Waals surface area (Å²) in [5.74, 6) is -0.0495. The number of phenols is 1. The van der Waals surface area contributed by atoms with E-state index >= 15 is 0 Å². The van der Waals surface area contributed by atoms with E-state index in [1.54, 1.807) is 35.4 Å². The summed E-state index contributed by atoms with van der Waals surface area (Å²) >= 11 is 21.5. The molecule has 0 saturated heterocycles. The first kappa shape index (κ1) is 24.2. The quantitative estimate of drug-likeness (QED) is 0.168. The van der Waals surface area contributed by atoms with Crippen LogP contribution in [-0.4, -0.2) is 16.3 Å². The molecule has 0 spiro atoms. The Kier molecular flexibility index (Phi) is 7.32. The number of halogens is 3. The average Bonchev–Trinajstić information content (AvgIpc) is 3.27. The molecule has 35 heavy (non-hydrogen) atoms. The molecular formula is C27H17Cl3N2OS2. The third-order valence-electron chi connectivity index (χ3n) is 5.26. The van der Waals surface area contributed by atoms with E-state index in [4.69, 9.17) is 39.8 Å². The second kappa shape index (κ2) is 10.6. The van der Waals surface area contributed by atoms with E-state index in [0.29, 0.717) is 15.6 Å². The van der Waals surface area contributed by atoms with Crippen LogP contribution in [0.15, 0.2) is 94.3 Å². The van der Waals surface area contributed by atoms with E-state index in [0.717, 1.165) is 25.8 Å². The van der Waals surface area contributed by atoms with Crippen molar-refractivity contribution in [1.82, 2.24) is 4.98 Å². The van der Waals surface area contributed by atoms with Gasteiger partial charge in [0.2, 0.25) is 0 Å². The average molecular weight is 556 g/mol. The molecule has 1 atom stereocenters. The van der Waals surface area contributed by atoms with Gasteiger partial charge in [0.05, 0.1) is 26.2 Å². The topological polar surface area (TPSA) is 45.5 Å². The van der Waals surface area contributed by atoms with Crippen LogP contribution in [0.25, 0.3) is 10.2 Å². The number of hydrogen-bond donors (Lipinski definition) is 1. The number of rotatable bonds is 6. The number of nitrogens with zero attached hydrogens (tertiary/aromatic N) is 2. The van der Waals surface area contributed by atoms with Crippen molar-refractivity contribution < 1.29 is 5.11 Å². The molecule has 5 rings (SSSR count). The van der Waals surface area contributed by atoms with Gasteiger partial charge in [-0.05, 0) is 53.6 Å². The second-order valence-electron chi connectivity index (χ2n) is 7.68. The Hall–Kier alpha value is -2.54. The van der Waals surface area contributed by atoms with Crippen molar-refractivity contribution in [1.29, 1.82) is 0 Å². The summed E-state index contributed by atoms with van der Waals surface area (Å²) in [6.45, 7) is 0. The van der Waals surface area contributed by atoms with Gasteiger partial charge in [0, 0.05) is 21.8 Å². The second-order valence-corrected chi connectivity index (χ2v) is 11.3. The van der Waals surface area contributed by atoms with Crippen molar-refractivity contribution in [3.8, 4) is 5.75 Å². The van der Waals surface area contributed by atoms with Gasteiger partial charge in [-0.15, -0.1) is 11.3 Å². The van der Waals surface area contributed by atoms with Crippen LogP contribution in [-0.2, 0) is 0 Å².